The van der Waals surface area contributed by atoms with Gasteiger partial charge in [0.15, 0.2) is 0 Å². The van der Waals surface area contributed by atoms with Gasteiger partial charge in [0.1, 0.15) is 0 Å². The minimum absolute atomic E-state index is 0.0460. The normalized spacial score (nSPS) is 17.1. The monoisotopic (exact) mass is 268 g/mol. The van der Waals surface area contributed by atoms with Crippen molar-refractivity contribution in [1.29, 1.82) is 0 Å². The van der Waals surface area contributed by atoms with E-state index in [1.807, 2.05) is 13.8 Å². The number of halogens is 3. The molecule has 0 bridgehead atoms. The second kappa shape index (κ2) is 7.61. The van der Waals surface area contributed by atoms with Crippen LogP contribution in [0.15, 0.2) is 0 Å². The molecule has 0 aromatic rings. The van der Waals surface area contributed by atoms with Crippen molar-refractivity contribution in [1.82, 2.24) is 10.6 Å². The topological polar surface area (TPSA) is 41.1 Å². The maximum atomic E-state index is 12.1. The lowest BCUT2D eigenvalue weighted by Gasteiger charge is -2.22. The Bertz CT molecular complexity index is 256. The first kappa shape index (κ1) is 17.2. The van der Waals surface area contributed by atoms with Gasteiger partial charge in [-0.05, 0) is 27.2 Å². The van der Waals surface area contributed by atoms with Gasteiger partial charge in [-0.3, -0.25) is 4.79 Å². The molecule has 18 heavy (non-hydrogen) atoms. The van der Waals surface area contributed by atoms with E-state index in [0.717, 1.165) is 12.8 Å². The van der Waals surface area contributed by atoms with Crippen LogP contribution < -0.4 is 10.6 Å². The van der Waals surface area contributed by atoms with Crippen LogP contribution in [0.2, 0.25) is 0 Å². The first-order valence-corrected chi connectivity index (χ1v) is 6.28. The van der Waals surface area contributed by atoms with E-state index in [1.54, 1.807) is 6.92 Å². The summed E-state index contributed by atoms with van der Waals surface area (Å²) < 4.78 is 36.4. The number of hydrogen-bond acceptors (Lipinski definition) is 2. The Morgan fingerprint density at radius 2 is 1.72 bits per heavy atom. The zero-order valence-corrected chi connectivity index (χ0v) is 11.4. The van der Waals surface area contributed by atoms with Gasteiger partial charge in [-0.15, -0.1) is 0 Å². The molecular formula is C12H23F3N2O. The number of carbonyl (C=O) groups is 1. The van der Waals surface area contributed by atoms with Crippen molar-refractivity contribution in [3.05, 3.63) is 0 Å². The van der Waals surface area contributed by atoms with Gasteiger partial charge in [-0.25, -0.2) is 0 Å². The van der Waals surface area contributed by atoms with E-state index in [1.165, 1.54) is 6.92 Å². The Morgan fingerprint density at radius 3 is 2.17 bits per heavy atom. The fraction of sp³-hybridized carbons (Fsp3) is 0.917. The second-order valence-electron chi connectivity index (χ2n) is 4.81. The third kappa shape index (κ3) is 8.33. The fourth-order valence-corrected chi connectivity index (χ4v) is 1.78. The van der Waals surface area contributed by atoms with Gasteiger partial charge >= 0.3 is 6.18 Å². The van der Waals surface area contributed by atoms with Gasteiger partial charge in [0.25, 0.3) is 0 Å². The maximum absolute atomic E-state index is 12.1. The molecular weight excluding hydrogens is 245 g/mol. The number of amides is 1. The fourth-order valence-electron chi connectivity index (χ4n) is 1.78. The molecule has 0 radical (unpaired) electrons. The van der Waals surface area contributed by atoms with Crippen molar-refractivity contribution in [3.8, 4) is 0 Å². The van der Waals surface area contributed by atoms with Crippen LogP contribution in [0.25, 0.3) is 0 Å². The van der Waals surface area contributed by atoms with E-state index in [4.69, 9.17) is 0 Å². The van der Waals surface area contributed by atoms with Gasteiger partial charge < -0.3 is 10.6 Å². The van der Waals surface area contributed by atoms with Crippen molar-refractivity contribution < 1.29 is 18.0 Å². The molecule has 3 unspecified atom stereocenters. The van der Waals surface area contributed by atoms with Crippen molar-refractivity contribution in [2.24, 2.45) is 0 Å². The highest BCUT2D eigenvalue weighted by molar-refractivity contribution is 5.81. The summed E-state index contributed by atoms with van der Waals surface area (Å²) in [6.45, 7) is 6.89. The summed E-state index contributed by atoms with van der Waals surface area (Å²) in [6, 6.07) is -1.35. The van der Waals surface area contributed by atoms with Crippen LogP contribution in [0.1, 0.15) is 47.0 Å². The first-order chi connectivity index (χ1) is 8.15. The molecule has 0 aliphatic rings. The zero-order valence-electron chi connectivity index (χ0n) is 11.4. The summed E-state index contributed by atoms with van der Waals surface area (Å²) in [5.41, 5.74) is 0. The standard InChI is InChI=1S/C12H23F3N2O/c1-5-6-8(2)17-11(18)10(4)16-9(3)7-12(13,14)15/h8-10,16H,5-7H2,1-4H3,(H,17,18). The van der Waals surface area contributed by atoms with E-state index in [0.29, 0.717) is 0 Å². The Hall–Kier alpha value is -0.780. The molecule has 2 N–H and O–H groups in total. The molecule has 1 amide bonds. The average Bonchev–Trinajstić information content (AvgIpc) is 2.14. The van der Waals surface area contributed by atoms with Crippen molar-refractivity contribution in [3.63, 3.8) is 0 Å². The number of alkyl halides is 3. The summed E-state index contributed by atoms with van der Waals surface area (Å²) in [6.07, 6.45) is -3.34. The molecule has 108 valence electrons. The molecule has 3 nitrogen and oxygen atoms in total. The van der Waals surface area contributed by atoms with Crippen LogP contribution in [-0.4, -0.2) is 30.2 Å². The summed E-state index contributed by atoms with van der Waals surface area (Å²) in [4.78, 5) is 11.7. The molecule has 0 aromatic heterocycles. The molecule has 0 rings (SSSR count). The van der Waals surface area contributed by atoms with Gasteiger partial charge in [-0.1, -0.05) is 13.3 Å². The molecule has 0 spiro atoms. The Balaban J connectivity index is 4.07. The molecule has 3 atom stereocenters. The SMILES string of the molecule is CCCC(C)NC(=O)C(C)NC(C)CC(F)(F)F. The highest BCUT2D eigenvalue weighted by Gasteiger charge is 2.31. The summed E-state index contributed by atoms with van der Waals surface area (Å²) >= 11 is 0. The van der Waals surface area contributed by atoms with E-state index in [9.17, 15) is 18.0 Å². The van der Waals surface area contributed by atoms with Crippen LogP contribution in [0, 0.1) is 0 Å². The summed E-state index contributed by atoms with van der Waals surface area (Å²) in [5, 5.41) is 5.42. The van der Waals surface area contributed by atoms with Crippen LogP contribution in [0.3, 0.4) is 0 Å². The van der Waals surface area contributed by atoms with E-state index in [-0.39, 0.29) is 11.9 Å². The maximum Gasteiger partial charge on any atom is 0.390 e. The molecule has 0 heterocycles. The van der Waals surface area contributed by atoms with E-state index in [2.05, 4.69) is 10.6 Å². The second-order valence-corrected chi connectivity index (χ2v) is 4.81. The summed E-state index contributed by atoms with van der Waals surface area (Å²) in [5.74, 6) is -0.259. The third-order valence-electron chi connectivity index (χ3n) is 2.58. The van der Waals surface area contributed by atoms with Gasteiger partial charge in [-0.2, -0.15) is 13.2 Å². The number of rotatable bonds is 7. The molecule has 0 aromatic carbocycles. The first-order valence-electron chi connectivity index (χ1n) is 6.28. The summed E-state index contributed by atoms with van der Waals surface area (Å²) in [7, 11) is 0. The van der Waals surface area contributed by atoms with Gasteiger partial charge in [0.2, 0.25) is 5.91 Å². The molecule has 0 aliphatic heterocycles. The molecule has 6 heteroatoms. The van der Waals surface area contributed by atoms with Gasteiger partial charge in [0, 0.05) is 12.1 Å². The minimum Gasteiger partial charge on any atom is -0.352 e. The number of carbonyl (C=O) groups excluding carboxylic acids is 1. The average molecular weight is 268 g/mol. The predicted octanol–water partition coefficient (Wildman–Crippen LogP) is 2.61. The van der Waals surface area contributed by atoms with Crippen LogP contribution in [-0.2, 0) is 4.79 Å². The van der Waals surface area contributed by atoms with Crippen molar-refractivity contribution >= 4 is 5.91 Å². The molecule has 0 saturated heterocycles. The van der Waals surface area contributed by atoms with Crippen molar-refractivity contribution in [2.75, 3.05) is 0 Å². The highest BCUT2D eigenvalue weighted by Crippen LogP contribution is 2.21. The smallest absolute Gasteiger partial charge is 0.352 e. The quantitative estimate of drug-likeness (QED) is 0.745. The minimum atomic E-state index is -4.21. The Labute approximate surface area is 107 Å². The predicted molar refractivity (Wildman–Crippen MR) is 65.2 cm³/mol. The lowest BCUT2D eigenvalue weighted by atomic mass is 10.1. The van der Waals surface area contributed by atoms with Crippen molar-refractivity contribution in [2.45, 2.75) is 71.3 Å². The largest absolute Gasteiger partial charge is 0.390 e. The number of hydrogen-bond donors (Lipinski definition) is 2. The van der Waals surface area contributed by atoms with Crippen LogP contribution >= 0.6 is 0 Å². The van der Waals surface area contributed by atoms with E-state index >= 15 is 0 Å². The Morgan fingerprint density at radius 1 is 1.17 bits per heavy atom. The molecule has 0 fully saturated rings. The Kier molecular flexibility index (Phi) is 7.28. The lowest BCUT2D eigenvalue weighted by molar-refractivity contribution is -0.140. The van der Waals surface area contributed by atoms with Gasteiger partial charge in [0.05, 0.1) is 12.5 Å². The highest BCUT2D eigenvalue weighted by atomic mass is 19.4. The zero-order chi connectivity index (χ0) is 14.3. The van der Waals surface area contributed by atoms with E-state index < -0.39 is 24.7 Å². The number of nitrogens with one attached hydrogen (secondary N) is 2. The lowest BCUT2D eigenvalue weighted by Crippen LogP contribution is -2.48. The molecule has 0 aliphatic carbocycles. The third-order valence-corrected chi connectivity index (χ3v) is 2.58. The van der Waals surface area contributed by atoms with Crippen LogP contribution in [0.4, 0.5) is 13.2 Å². The molecule has 0 saturated carbocycles. The van der Waals surface area contributed by atoms with Crippen LogP contribution in [0.5, 0.6) is 0 Å².